The predicted octanol–water partition coefficient (Wildman–Crippen LogP) is 7.00. The molecule has 0 radical (unpaired) electrons. The Hall–Kier alpha value is -2.80. The van der Waals surface area contributed by atoms with Crippen molar-refractivity contribution in [1.82, 2.24) is 10.5 Å². The van der Waals surface area contributed by atoms with Gasteiger partial charge in [0.25, 0.3) is 5.91 Å². The molecule has 0 saturated heterocycles. The van der Waals surface area contributed by atoms with Gasteiger partial charge >= 0.3 is 0 Å². The summed E-state index contributed by atoms with van der Waals surface area (Å²) in [5, 5.41) is 6.80. The van der Waals surface area contributed by atoms with Gasteiger partial charge in [-0.05, 0) is 65.7 Å². The fraction of sp³-hybridized carbons (Fsp3) is 0.429. The zero-order chi connectivity index (χ0) is 25.0. The summed E-state index contributed by atoms with van der Waals surface area (Å²) in [6, 6.07) is 14.4. The van der Waals surface area contributed by atoms with Crippen LogP contribution in [-0.2, 0) is 12.8 Å². The third-order valence-electron chi connectivity index (χ3n) is 5.63. The second kappa shape index (κ2) is 13.9. The zero-order valence-electron chi connectivity index (χ0n) is 20.9. The average molecular weight is 544 g/mol. The first-order valence-corrected chi connectivity index (χ1v) is 13.3. The Bertz CT molecular complexity index is 1080. The lowest BCUT2D eigenvalue weighted by Gasteiger charge is -2.17. The lowest BCUT2D eigenvalue weighted by molar-refractivity contribution is 0.0946. The maximum absolute atomic E-state index is 12.4. The molecule has 3 aromatic rings. The van der Waals surface area contributed by atoms with Crippen molar-refractivity contribution in [3.05, 3.63) is 63.8 Å². The number of rotatable bonds is 14. The van der Waals surface area contributed by atoms with E-state index in [1.54, 1.807) is 0 Å². The van der Waals surface area contributed by atoms with E-state index in [2.05, 4.69) is 70.6 Å². The summed E-state index contributed by atoms with van der Waals surface area (Å²) in [4.78, 5) is 12.4. The van der Waals surface area contributed by atoms with Gasteiger partial charge in [-0.1, -0.05) is 62.2 Å². The monoisotopic (exact) mass is 542 g/mol. The average Bonchev–Trinajstić information content (AvgIpc) is 3.25. The van der Waals surface area contributed by atoms with Gasteiger partial charge in [-0.15, -0.1) is 0 Å². The van der Waals surface area contributed by atoms with E-state index in [1.807, 2.05) is 19.1 Å². The zero-order valence-corrected chi connectivity index (χ0v) is 22.4. The van der Waals surface area contributed by atoms with Gasteiger partial charge in [0, 0.05) is 12.6 Å². The highest BCUT2D eigenvalue weighted by Crippen LogP contribution is 2.41. The SMILES string of the molecule is CCCCOc1cc(OCCCC)c(-c2onc(C(=O)NCC)c2Br)cc1CCc1ccccc1. The third kappa shape index (κ3) is 7.34. The number of hydrogen-bond donors (Lipinski definition) is 1. The van der Waals surface area contributed by atoms with Crippen molar-refractivity contribution in [2.75, 3.05) is 19.8 Å². The Kier molecular flexibility index (Phi) is 10.7. The van der Waals surface area contributed by atoms with E-state index in [0.29, 0.717) is 35.7 Å². The smallest absolute Gasteiger partial charge is 0.274 e. The molecule has 7 heteroatoms. The minimum atomic E-state index is -0.286. The van der Waals surface area contributed by atoms with Crippen molar-refractivity contribution < 1.29 is 18.8 Å². The second-order valence-electron chi connectivity index (χ2n) is 8.38. The molecule has 0 fully saturated rings. The maximum Gasteiger partial charge on any atom is 0.274 e. The maximum atomic E-state index is 12.4. The fourth-order valence-corrected chi connectivity index (χ4v) is 4.18. The summed E-state index contributed by atoms with van der Waals surface area (Å²) in [5.74, 6) is 1.67. The van der Waals surface area contributed by atoms with Gasteiger partial charge in [-0.25, -0.2) is 0 Å². The summed E-state index contributed by atoms with van der Waals surface area (Å²) < 4.78 is 18.6. The number of benzene rings is 2. The lowest BCUT2D eigenvalue weighted by atomic mass is 9.99. The summed E-state index contributed by atoms with van der Waals surface area (Å²) in [5.41, 5.74) is 3.29. The molecule has 0 unspecified atom stereocenters. The predicted molar refractivity (Wildman–Crippen MR) is 142 cm³/mol. The molecule has 0 aliphatic heterocycles. The highest BCUT2D eigenvalue weighted by Gasteiger charge is 2.25. The van der Waals surface area contributed by atoms with Crippen molar-refractivity contribution in [3.63, 3.8) is 0 Å². The van der Waals surface area contributed by atoms with Crippen LogP contribution in [0.25, 0.3) is 11.3 Å². The molecule has 0 spiro atoms. The van der Waals surface area contributed by atoms with E-state index in [0.717, 1.165) is 55.4 Å². The van der Waals surface area contributed by atoms with Crippen molar-refractivity contribution >= 4 is 21.8 Å². The number of carbonyl (C=O) groups is 1. The first-order chi connectivity index (χ1) is 17.1. The molecule has 0 atom stereocenters. The van der Waals surface area contributed by atoms with Crippen molar-refractivity contribution in [1.29, 1.82) is 0 Å². The van der Waals surface area contributed by atoms with Gasteiger partial charge in [-0.3, -0.25) is 4.79 Å². The Balaban J connectivity index is 2.02. The molecule has 3 rings (SSSR count). The topological polar surface area (TPSA) is 73.6 Å². The molecule has 1 N–H and O–H groups in total. The quantitative estimate of drug-likeness (QED) is 0.222. The van der Waals surface area contributed by atoms with Crippen LogP contribution in [0.2, 0.25) is 0 Å². The first-order valence-electron chi connectivity index (χ1n) is 12.5. The minimum absolute atomic E-state index is 0.218. The van der Waals surface area contributed by atoms with Gasteiger partial charge in [0.2, 0.25) is 0 Å². The Morgan fingerprint density at radius 3 is 2.31 bits per heavy atom. The van der Waals surface area contributed by atoms with E-state index in [-0.39, 0.29) is 11.6 Å². The van der Waals surface area contributed by atoms with Gasteiger partial charge < -0.3 is 19.3 Å². The lowest BCUT2D eigenvalue weighted by Crippen LogP contribution is -2.23. The van der Waals surface area contributed by atoms with Gasteiger partial charge in [0.15, 0.2) is 11.5 Å². The molecule has 2 aromatic carbocycles. The van der Waals surface area contributed by atoms with E-state index in [1.165, 1.54) is 5.56 Å². The number of halogens is 1. The van der Waals surface area contributed by atoms with E-state index in [9.17, 15) is 4.79 Å². The number of hydrogen-bond acceptors (Lipinski definition) is 5. The second-order valence-corrected chi connectivity index (χ2v) is 9.17. The number of ether oxygens (including phenoxy) is 2. The Morgan fingerprint density at radius 1 is 0.971 bits per heavy atom. The van der Waals surface area contributed by atoms with Crippen LogP contribution in [0.1, 0.15) is 68.1 Å². The van der Waals surface area contributed by atoms with Gasteiger partial charge in [0.1, 0.15) is 11.5 Å². The summed E-state index contributed by atoms with van der Waals surface area (Å²) in [7, 11) is 0. The molecule has 0 bridgehead atoms. The molecule has 0 aliphatic carbocycles. The van der Waals surface area contributed by atoms with E-state index in [4.69, 9.17) is 14.0 Å². The number of nitrogens with zero attached hydrogens (tertiary/aromatic N) is 1. The fourth-order valence-electron chi connectivity index (χ4n) is 3.64. The number of aryl methyl sites for hydroxylation is 2. The third-order valence-corrected chi connectivity index (χ3v) is 6.37. The summed E-state index contributed by atoms with van der Waals surface area (Å²) >= 11 is 3.54. The number of aromatic nitrogens is 1. The first kappa shape index (κ1) is 26.8. The standard InChI is InChI=1S/C28H35BrN2O4/c1-4-7-16-33-23-19-24(34-17-8-5-2)22(18-21(23)15-14-20-12-10-9-11-13-20)27-25(29)26(31-35-27)28(32)30-6-3/h9-13,18-19H,4-8,14-17H2,1-3H3,(H,30,32). The van der Waals surface area contributed by atoms with Gasteiger partial charge in [0.05, 0.1) is 23.2 Å². The van der Waals surface area contributed by atoms with Crippen LogP contribution in [0.4, 0.5) is 0 Å². The number of nitrogens with one attached hydrogen (secondary N) is 1. The van der Waals surface area contributed by atoms with Crippen molar-refractivity contribution in [2.24, 2.45) is 0 Å². The largest absolute Gasteiger partial charge is 0.493 e. The Labute approximate surface area is 216 Å². The van der Waals surface area contributed by atoms with Crippen LogP contribution in [-0.4, -0.2) is 30.8 Å². The molecule has 0 aliphatic rings. The highest BCUT2D eigenvalue weighted by molar-refractivity contribution is 9.10. The summed E-state index contributed by atoms with van der Waals surface area (Å²) in [6.07, 6.45) is 5.67. The number of unbranched alkanes of at least 4 members (excludes halogenated alkanes) is 2. The molecular weight excluding hydrogens is 508 g/mol. The molecule has 0 saturated carbocycles. The van der Waals surface area contributed by atoms with Crippen molar-refractivity contribution in [2.45, 2.75) is 59.3 Å². The minimum Gasteiger partial charge on any atom is -0.493 e. The van der Waals surface area contributed by atoms with Crippen LogP contribution in [0, 0.1) is 0 Å². The molecule has 6 nitrogen and oxygen atoms in total. The highest BCUT2D eigenvalue weighted by atomic mass is 79.9. The van der Waals surface area contributed by atoms with Crippen LogP contribution < -0.4 is 14.8 Å². The van der Waals surface area contributed by atoms with Crippen LogP contribution in [0.15, 0.2) is 51.5 Å². The van der Waals surface area contributed by atoms with Crippen molar-refractivity contribution in [3.8, 4) is 22.8 Å². The number of amides is 1. The molecule has 1 heterocycles. The van der Waals surface area contributed by atoms with E-state index < -0.39 is 0 Å². The van der Waals surface area contributed by atoms with Gasteiger partial charge in [-0.2, -0.15) is 0 Å². The van der Waals surface area contributed by atoms with Crippen LogP contribution in [0.5, 0.6) is 11.5 Å². The number of carbonyl (C=O) groups excluding carboxylic acids is 1. The normalized spacial score (nSPS) is 10.9. The molecule has 35 heavy (non-hydrogen) atoms. The molecular formula is C28H35BrN2O4. The van der Waals surface area contributed by atoms with Crippen LogP contribution >= 0.6 is 15.9 Å². The molecule has 1 aromatic heterocycles. The molecule has 188 valence electrons. The Morgan fingerprint density at radius 2 is 1.66 bits per heavy atom. The van der Waals surface area contributed by atoms with Crippen LogP contribution in [0.3, 0.4) is 0 Å². The summed E-state index contributed by atoms with van der Waals surface area (Å²) in [6.45, 7) is 7.87. The molecule has 1 amide bonds. The van der Waals surface area contributed by atoms with E-state index >= 15 is 0 Å².